The summed E-state index contributed by atoms with van der Waals surface area (Å²) >= 11 is 0. The van der Waals surface area contributed by atoms with E-state index in [-0.39, 0.29) is 10.6 Å². The molecule has 0 bridgehead atoms. The number of nitrogens with zero attached hydrogens (tertiary/aromatic N) is 1. The number of nitrogens with one attached hydrogen (secondary N) is 1. The molecule has 0 spiro atoms. The first-order valence-electron chi connectivity index (χ1n) is 6.40. The molecular weight excluding hydrogens is 228 g/mol. The summed E-state index contributed by atoms with van der Waals surface area (Å²) in [5, 5.41) is 11.9. The molecule has 2 atom stereocenters. The van der Waals surface area contributed by atoms with Crippen LogP contribution in [0.1, 0.15) is 37.7 Å². The smallest absolute Gasteiger partial charge is 0.270 e. The zero-order valence-corrected chi connectivity index (χ0v) is 10.3. The van der Waals surface area contributed by atoms with E-state index in [9.17, 15) is 10.1 Å². The van der Waals surface area contributed by atoms with Crippen LogP contribution < -0.4 is 0 Å². The largest absolute Gasteiger partial charge is 0.361 e. The number of aromatic amines is 1. The molecular formula is C14H16N2O2. The minimum absolute atomic E-state index is 0.175. The normalized spacial score (nSPS) is 23.6. The van der Waals surface area contributed by atoms with Gasteiger partial charge in [0.05, 0.1) is 4.92 Å². The van der Waals surface area contributed by atoms with E-state index >= 15 is 0 Å². The minimum atomic E-state index is -0.326. The molecule has 3 rings (SSSR count). The predicted octanol–water partition coefficient (Wildman–Crippen LogP) is 3.98. The maximum Gasteiger partial charge on any atom is 0.270 e. The average molecular weight is 244 g/mol. The Kier molecular flexibility index (Phi) is 2.58. The molecule has 1 aliphatic rings. The summed E-state index contributed by atoms with van der Waals surface area (Å²) in [6.45, 7) is 2.28. The number of benzene rings is 1. The first-order chi connectivity index (χ1) is 8.65. The van der Waals surface area contributed by atoms with Crippen LogP contribution in [0.15, 0.2) is 24.4 Å². The van der Waals surface area contributed by atoms with Crippen LogP contribution in [0.4, 0.5) is 5.69 Å². The topological polar surface area (TPSA) is 58.9 Å². The lowest BCUT2D eigenvalue weighted by Gasteiger charge is -2.07. The Morgan fingerprint density at radius 1 is 1.39 bits per heavy atom. The molecule has 1 heterocycles. The van der Waals surface area contributed by atoms with Crippen molar-refractivity contribution in [2.24, 2.45) is 5.92 Å². The van der Waals surface area contributed by atoms with Crippen molar-refractivity contribution in [1.82, 2.24) is 4.98 Å². The van der Waals surface area contributed by atoms with Gasteiger partial charge in [-0.25, -0.2) is 0 Å². The minimum Gasteiger partial charge on any atom is -0.361 e. The van der Waals surface area contributed by atoms with Gasteiger partial charge >= 0.3 is 0 Å². The van der Waals surface area contributed by atoms with Gasteiger partial charge in [0.15, 0.2) is 0 Å². The predicted molar refractivity (Wildman–Crippen MR) is 70.7 cm³/mol. The van der Waals surface area contributed by atoms with E-state index in [0.29, 0.717) is 5.92 Å². The second kappa shape index (κ2) is 4.12. The van der Waals surface area contributed by atoms with E-state index in [2.05, 4.69) is 11.9 Å². The Morgan fingerprint density at radius 3 is 2.89 bits per heavy atom. The SMILES string of the molecule is CC1CCC(c2c[nH]c3ccc([N+](=O)[O-])cc23)C1. The first-order valence-corrected chi connectivity index (χ1v) is 6.40. The summed E-state index contributed by atoms with van der Waals surface area (Å²) in [4.78, 5) is 13.7. The lowest BCUT2D eigenvalue weighted by Crippen LogP contribution is -1.93. The zero-order valence-electron chi connectivity index (χ0n) is 10.3. The summed E-state index contributed by atoms with van der Waals surface area (Å²) in [5.41, 5.74) is 2.42. The van der Waals surface area contributed by atoms with E-state index in [0.717, 1.165) is 16.8 Å². The molecule has 1 saturated carbocycles. The zero-order chi connectivity index (χ0) is 12.7. The number of hydrogen-bond donors (Lipinski definition) is 1. The highest BCUT2D eigenvalue weighted by molar-refractivity contribution is 5.85. The molecule has 1 fully saturated rings. The Balaban J connectivity index is 2.06. The second-order valence-electron chi connectivity index (χ2n) is 5.35. The van der Waals surface area contributed by atoms with Crippen molar-refractivity contribution in [3.63, 3.8) is 0 Å². The van der Waals surface area contributed by atoms with Gasteiger partial charge in [-0.2, -0.15) is 0 Å². The number of rotatable bonds is 2. The van der Waals surface area contributed by atoms with Crippen molar-refractivity contribution in [3.8, 4) is 0 Å². The third-order valence-corrected chi connectivity index (χ3v) is 4.04. The fourth-order valence-electron chi connectivity index (χ4n) is 3.07. The summed E-state index contributed by atoms with van der Waals surface area (Å²) in [7, 11) is 0. The van der Waals surface area contributed by atoms with Crippen LogP contribution in [0, 0.1) is 16.0 Å². The Hall–Kier alpha value is -1.84. The standard InChI is InChI=1S/C14H16N2O2/c1-9-2-3-10(6-9)13-8-15-14-5-4-11(16(17)18)7-12(13)14/h4-5,7-10,15H,2-3,6H2,1H3. The number of H-pyrrole nitrogens is 1. The van der Waals surface area contributed by atoms with Crippen molar-refractivity contribution in [1.29, 1.82) is 0 Å². The van der Waals surface area contributed by atoms with Crippen LogP contribution in [0.2, 0.25) is 0 Å². The van der Waals surface area contributed by atoms with Crippen molar-refractivity contribution in [3.05, 3.63) is 40.1 Å². The van der Waals surface area contributed by atoms with E-state index in [4.69, 9.17) is 0 Å². The van der Waals surface area contributed by atoms with Crippen LogP contribution >= 0.6 is 0 Å². The van der Waals surface area contributed by atoms with Crippen molar-refractivity contribution in [2.75, 3.05) is 0 Å². The molecule has 0 radical (unpaired) electrons. The lowest BCUT2D eigenvalue weighted by molar-refractivity contribution is -0.384. The summed E-state index contributed by atoms with van der Waals surface area (Å²) < 4.78 is 0. The van der Waals surface area contributed by atoms with Gasteiger partial charge in [0.2, 0.25) is 0 Å². The third kappa shape index (κ3) is 1.78. The van der Waals surface area contributed by atoms with Crippen molar-refractivity contribution < 1.29 is 4.92 Å². The van der Waals surface area contributed by atoms with Crippen LogP contribution in [0.25, 0.3) is 10.9 Å². The second-order valence-corrected chi connectivity index (χ2v) is 5.35. The van der Waals surface area contributed by atoms with Crippen molar-refractivity contribution >= 4 is 16.6 Å². The van der Waals surface area contributed by atoms with Crippen LogP contribution in [0.5, 0.6) is 0 Å². The van der Waals surface area contributed by atoms with Gasteiger partial charge in [-0.15, -0.1) is 0 Å². The van der Waals surface area contributed by atoms with Gasteiger partial charge in [0.25, 0.3) is 5.69 Å². The van der Waals surface area contributed by atoms with E-state index in [1.54, 1.807) is 18.2 Å². The van der Waals surface area contributed by atoms with E-state index in [1.165, 1.54) is 24.8 Å². The van der Waals surface area contributed by atoms with Gasteiger partial charge in [0, 0.05) is 29.2 Å². The molecule has 1 N–H and O–H groups in total. The lowest BCUT2D eigenvalue weighted by atomic mass is 9.96. The highest BCUT2D eigenvalue weighted by Crippen LogP contribution is 2.41. The van der Waals surface area contributed by atoms with Gasteiger partial charge in [-0.3, -0.25) is 10.1 Å². The first kappa shape index (κ1) is 11.3. The summed E-state index contributed by atoms with van der Waals surface area (Å²) in [5.74, 6) is 1.31. The summed E-state index contributed by atoms with van der Waals surface area (Å²) in [6, 6.07) is 5.05. The molecule has 1 aromatic heterocycles. The molecule has 4 nitrogen and oxygen atoms in total. The number of nitro groups is 1. The van der Waals surface area contributed by atoms with Crippen LogP contribution in [-0.4, -0.2) is 9.91 Å². The molecule has 18 heavy (non-hydrogen) atoms. The molecule has 1 aromatic carbocycles. The molecule has 4 heteroatoms. The molecule has 2 unspecified atom stereocenters. The molecule has 0 aliphatic heterocycles. The average Bonchev–Trinajstić information content (AvgIpc) is 2.93. The number of nitro benzene ring substituents is 1. The van der Waals surface area contributed by atoms with E-state index in [1.807, 2.05) is 6.20 Å². The van der Waals surface area contributed by atoms with Crippen molar-refractivity contribution in [2.45, 2.75) is 32.1 Å². The Labute approximate surface area is 105 Å². The fourth-order valence-corrected chi connectivity index (χ4v) is 3.07. The van der Waals surface area contributed by atoms with Gasteiger partial charge in [0.1, 0.15) is 0 Å². The fraction of sp³-hybridized carbons (Fsp3) is 0.429. The highest BCUT2D eigenvalue weighted by atomic mass is 16.6. The van der Waals surface area contributed by atoms with Gasteiger partial charge in [-0.05, 0) is 36.3 Å². The Bertz CT molecular complexity index is 603. The molecule has 94 valence electrons. The number of fused-ring (bicyclic) bond motifs is 1. The highest BCUT2D eigenvalue weighted by Gasteiger charge is 2.25. The molecule has 2 aromatic rings. The third-order valence-electron chi connectivity index (χ3n) is 4.04. The number of non-ortho nitro benzene ring substituents is 1. The van der Waals surface area contributed by atoms with Crippen LogP contribution in [-0.2, 0) is 0 Å². The maximum absolute atomic E-state index is 10.8. The monoisotopic (exact) mass is 244 g/mol. The number of hydrogen-bond acceptors (Lipinski definition) is 2. The molecule has 0 amide bonds. The quantitative estimate of drug-likeness (QED) is 0.641. The molecule has 1 aliphatic carbocycles. The van der Waals surface area contributed by atoms with Gasteiger partial charge < -0.3 is 4.98 Å². The van der Waals surface area contributed by atoms with Gasteiger partial charge in [-0.1, -0.05) is 13.3 Å². The van der Waals surface area contributed by atoms with E-state index < -0.39 is 0 Å². The van der Waals surface area contributed by atoms with Crippen LogP contribution in [0.3, 0.4) is 0 Å². The molecule has 0 saturated heterocycles. The number of aromatic nitrogens is 1. The Morgan fingerprint density at radius 2 is 2.22 bits per heavy atom. The summed E-state index contributed by atoms with van der Waals surface area (Å²) in [6.07, 6.45) is 5.66. The maximum atomic E-state index is 10.8.